The summed E-state index contributed by atoms with van der Waals surface area (Å²) in [7, 11) is 1.78. The highest BCUT2D eigenvalue weighted by Crippen LogP contribution is 2.29. The number of rotatable bonds is 5. The molecule has 2 rings (SSSR count). The van der Waals surface area contributed by atoms with Gasteiger partial charge in [-0.2, -0.15) is 13.2 Å². The van der Waals surface area contributed by atoms with E-state index in [9.17, 15) is 13.2 Å². The minimum atomic E-state index is -4.35. The van der Waals surface area contributed by atoms with E-state index in [1.54, 1.807) is 7.05 Å². The second-order valence-corrected chi connectivity index (χ2v) is 7.02. The summed E-state index contributed by atoms with van der Waals surface area (Å²) in [5.74, 6) is 1.34. The summed E-state index contributed by atoms with van der Waals surface area (Å²) in [6.45, 7) is 7.84. The van der Waals surface area contributed by atoms with Gasteiger partial charge in [-0.05, 0) is 30.4 Å². The fourth-order valence-electron chi connectivity index (χ4n) is 2.80. The molecule has 0 aromatic carbocycles. The number of hydrogen-bond acceptors (Lipinski definition) is 3. The number of aliphatic imine (C=N–C) groups is 1. The lowest BCUT2D eigenvalue weighted by Crippen LogP contribution is -2.41. The van der Waals surface area contributed by atoms with E-state index in [1.807, 2.05) is 0 Å². The van der Waals surface area contributed by atoms with Gasteiger partial charge in [-0.25, -0.2) is 4.98 Å². The Labute approximate surface area is 169 Å². The van der Waals surface area contributed by atoms with Crippen molar-refractivity contribution < 1.29 is 13.2 Å². The number of nitrogens with one attached hydrogen (secondary N) is 2. The normalized spacial score (nSPS) is 17.0. The number of likely N-dealkylation sites (tertiary alicyclic amines) is 1. The Balaban J connectivity index is 0.00000338. The molecule has 0 atom stereocenters. The average molecular weight is 485 g/mol. The third-order valence-corrected chi connectivity index (χ3v) is 4.22. The van der Waals surface area contributed by atoms with Crippen LogP contribution in [0.1, 0.15) is 32.3 Å². The number of nitrogens with zero attached hydrogens (tertiary/aromatic N) is 3. The van der Waals surface area contributed by atoms with Crippen LogP contribution in [0, 0.1) is 5.41 Å². The first-order chi connectivity index (χ1) is 11.7. The van der Waals surface area contributed by atoms with Gasteiger partial charge >= 0.3 is 6.18 Å². The van der Waals surface area contributed by atoms with Crippen LogP contribution in [0.5, 0.6) is 0 Å². The lowest BCUT2D eigenvalue weighted by Gasteiger charge is -2.23. The van der Waals surface area contributed by atoms with Gasteiger partial charge in [0.1, 0.15) is 5.82 Å². The van der Waals surface area contributed by atoms with Crippen molar-refractivity contribution >= 4 is 35.8 Å². The van der Waals surface area contributed by atoms with Crippen molar-refractivity contribution in [1.29, 1.82) is 0 Å². The van der Waals surface area contributed by atoms with Crippen molar-refractivity contribution in [3.8, 4) is 0 Å². The Morgan fingerprint density at radius 2 is 2.04 bits per heavy atom. The predicted octanol–water partition coefficient (Wildman–Crippen LogP) is 3.83. The smallest absolute Gasteiger partial charge is 0.370 e. The molecule has 0 aliphatic carbocycles. The molecule has 26 heavy (non-hydrogen) atoms. The average Bonchev–Trinajstić information content (AvgIpc) is 2.90. The van der Waals surface area contributed by atoms with E-state index in [1.165, 1.54) is 6.07 Å². The van der Waals surface area contributed by atoms with E-state index < -0.39 is 11.7 Å². The lowest BCUT2D eigenvalue weighted by molar-refractivity contribution is -0.137. The van der Waals surface area contributed by atoms with Crippen molar-refractivity contribution in [2.24, 2.45) is 10.4 Å². The fourth-order valence-corrected chi connectivity index (χ4v) is 2.80. The minimum absolute atomic E-state index is 0. The van der Waals surface area contributed by atoms with Crippen LogP contribution in [0.3, 0.4) is 0 Å². The molecule has 2 heterocycles. The molecule has 1 fully saturated rings. The summed E-state index contributed by atoms with van der Waals surface area (Å²) >= 11 is 0. The second-order valence-electron chi connectivity index (χ2n) is 7.02. The standard InChI is InChI=1S/C17H26F3N5.HI/c1-16(2)7-10-25(12-16)15(21-3)23-9-4-8-22-14-6-5-13(11-24-14)17(18,19)20;/h5-6,11H,4,7-10,12H2,1-3H3,(H,21,23)(H,22,24);1H. The van der Waals surface area contributed by atoms with Crippen LogP contribution in [0.2, 0.25) is 0 Å². The summed E-state index contributed by atoms with van der Waals surface area (Å²) < 4.78 is 37.4. The summed E-state index contributed by atoms with van der Waals surface area (Å²) in [6.07, 6.45) is -1.55. The first kappa shape index (κ1) is 22.8. The van der Waals surface area contributed by atoms with Crippen LogP contribution >= 0.6 is 24.0 Å². The maximum atomic E-state index is 12.5. The third-order valence-electron chi connectivity index (χ3n) is 4.22. The number of pyridine rings is 1. The SMILES string of the molecule is CN=C(NCCCNc1ccc(C(F)(F)F)cn1)N1CCC(C)(C)C1.I. The van der Waals surface area contributed by atoms with Gasteiger partial charge in [0, 0.05) is 39.4 Å². The minimum Gasteiger partial charge on any atom is -0.370 e. The van der Waals surface area contributed by atoms with Crippen LogP contribution in [0.4, 0.5) is 19.0 Å². The van der Waals surface area contributed by atoms with E-state index >= 15 is 0 Å². The summed E-state index contributed by atoms with van der Waals surface area (Å²) in [6, 6.07) is 2.38. The summed E-state index contributed by atoms with van der Waals surface area (Å²) in [5.41, 5.74) is -0.426. The van der Waals surface area contributed by atoms with Gasteiger partial charge in [0.2, 0.25) is 0 Å². The number of hydrogen-bond donors (Lipinski definition) is 2. The maximum Gasteiger partial charge on any atom is 0.417 e. The highest BCUT2D eigenvalue weighted by atomic mass is 127. The molecule has 0 bridgehead atoms. The van der Waals surface area contributed by atoms with Gasteiger partial charge in [0.15, 0.2) is 5.96 Å². The summed E-state index contributed by atoms with van der Waals surface area (Å²) in [4.78, 5) is 10.4. The number of aromatic nitrogens is 1. The molecular formula is C17H27F3IN5. The van der Waals surface area contributed by atoms with Crippen LogP contribution < -0.4 is 10.6 Å². The molecule has 9 heteroatoms. The highest BCUT2D eigenvalue weighted by Gasteiger charge is 2.31. The monoisotopic (exact) mass is 485 g/mol. The molecule has 1 aromatic rings. The molecule has 0 saturated carbocycles. The molecule has 1 aliphatic heterocycles. The van der Waals surface area contributed by atoms with Crippen LogP contribution in [-0.4, -0.2) is 49.1 Å². The largest absolute Gasteiger partial charge is 0.417 e. The van der Waals surface area contributed by atoms with E-state index in [0.29, 0.717) is 17.8 Å². The number of alkyl halides is 3. The van der Waals surface area contributed by atoms with Crippen molar-refractivity contribution in [1.82, 2.24) is 15.2 Å². The second kappa shape index (κ2) is 9.61. The molecule has 0 radical (unpaired) electrons. The van der Waals surface area contributed by atoms with Crippen LogP contribution in [-0.2, 0) is 6.18 Å². The van der Waals surface area contributed by atoms with Crippen molar-refractivity contribution in [3.63, 3.8) is 0 Å². The zero-order chi connectivity index (χ0) is 18.5. The van der Waals surface area contributed by atoms with Crippen molar-refractivity contribution in [2.75, 3.05) is 38.5 Å². The van der Waals surface area contributed by atoms with Gasteiger partial charge in [0.05, 0.1) is 5.56 Å². The maximum absolute atomic E-state index is 12.5. The van der Waals surface area contributed by atoms with Gasteiger partial charge < -0.3 is 15.5 Å². The zero-order valence-corrected chi connectivity index (χ0v) is 17.7. The molecule has 1 aliphatic rings. The first-order valence-corrected chi connectivity index (χ1v) is 8.44. The predicted molar refractivity (Wildman–Crippen MR) is 109 cm³/mol. The van der Waals surface area contributed by atoms with E-state index in [4.69, 9.17) is 0 Å². The van der Waals surface area contributed by atoms with Gasteiger partial charge in [-0.3, -0.25) is 4.99 Å². The Kier molecular flexibility index (Phi) is 8.42. The molecule has 0 unspecified atom stereocenters. The number of guanidine groups is 1. The Morgan fingerprint density at radius 3 is 2.54 bits per heavy atom. The molecular weight excluding hydrogens is 458 g/mol. The molecule has 5 nitrogen and oxygen atoms in total. The Hall–Kier alpha value is -1.26. The highest BCUT2D eigenvalue weighted by molar-refractivity contribution is 14.0. The van der Waals surface area contributed by atoms with Crippen LogP contribution in [0.15, 0.2) is 23.3 Å². The molecule has 1 aromatic heterocycles. The first-order valence-electron chi connectivity index (χ1n) is 8.44. The van der Waals surface area contributed by atoms with Crippen LogP contribution in [0.25, 0.3) is 0 Å². The zero-order valence-electron chi connectivity index (χ0n) is 15.4. The molecule has 148 valence electrons. The van der Waals surface area contributed by atoms with Gasteiger partial charge in [-0.1, -0.05) is 13.8 Å². The fraction of sp³-hybridized carbons (Fsp3) is 0.647. The topological polar surface area (TPSA) is 52.6 Å². The molecule has 1 saturated heterocycles. The van der Waals surface area contributed by atoms with Crippen molar-refractivity contribution in [2.45, 2.75) is 32.9 Å². The van der Waals surface area contributed by atoms with E-state index in [0.717, 1.165) is 50.7 Å². The Morgan fingerprint density at radius 1 is 1.31 bits per heavy atom. The van der Waals surface area contributed by atoms with Crippen molar-refractivity contribution in [3.05, 3.63) is 23.9 Å². The van der Waals surface area contributed by atoms with Gasteiger partial charge in [-0.15, -0.1) is 24.0 Å². The number of anilines is 1. The third kappa shape index (κ3) is 6.81. The van der Waals surface area contributed by atoms with Gasteiger partial charge in [0.25, 0.3) is 0 Å². The van der Waals surface area contributed by atoms with E-state index in [2.05, 4.69) is 39.4 Å². The summed E-state index contributed by atoms with van der Waals surface area (Å²) in [5, 5.41) is 6.36. The number of halogens is 4. The Bertz CT molecular complexity index is 587. The van der Waals surface area contributed by atoms with E-state index in [-0.39, 0.29) is 24.0 Å². The quantitative estimate of drug-likeness (QED) is 0.288. The molecule has 2 N–H and O–H groups in total. The lowest BCUT2D eigenvalue weighted by atomic mass is 9.93. The molecule has 0 amide bonds. The molecule has 0 spiro atoms.